The normalized spacial score (nSPS) is 20.2. The highest BCUT2D eigenvalue weighted by Crippen LogP contribution is 2.44. The van der Waals surface area contributed by atoms with E-state index < -0.39 is 15.6 Å². The molecule has 2 aliphatic heterocycles. The standard InChI is InChI=1S/C19H15NO4S/c1-11-2-6-18-12(8-11)9-13-10-15-14-3-7-19(21)24-17(14)5-4-16(15)20(13)25(18,22)23/h2-8,13H,9-10H2,1H3. The van der Waals surface area contributed by atoms with Gasteiger partial charge < -0.3 is 4.42 Å². The van der Waals surface area contributed by atoms with E-state index in [9.17, 15) is 13.2 Å². The van der Waals surface area contributed by atoms with Gasteiger partial charge in [0, 0.05) is 11.5 Å². The highest BCUT2D eigenvalue weighted by atomic mass is 32.2. The summed E-state index contributed by atoms with van der Waals surface area (Å²) in [5.74, 6) is 0. The maximum absolute atomic E-state index is 13.2. The smallest absolute Gasteiger partial charge is 0.336 e. The van der Waals surface area contributed by atoms with Gasteiger partial charge in [-0.2, -0.15) is 0 Å². The van der Waals surface area contributed by atoms with Crippen LogP contribution in [0.1, 0.15) is 16.7 Å². The molecule has 0 aliphatic carbocycles. The van der Waals surface area contributed by atoms with Crippen molar-refractivity contribution in [3.63, 3.8) is 0 Å². The minimum Gasteiger partial charge on any atom is -0.423 e. The molecule has 6 heteroatoms. The van der Waals surface area contributed by atoms with Gasteiger partial charge in [-0.15, -0.1) is 0 Å². The number of hydrogen-bond acceptors (Lipinski definition) is 4. The molecule has 0 bridgehead atoms. The van der Waals surface area contributed by atoms with E-state index >= 15 is 0 Å². The number of benzene rings is 2. The first-order chi connectivity index (χ1) is 11.9. The third kappa shape index (κ3) is 1.94. The summed E-state index contributed by atoms with van der Waals surface area (Å²) in [7, 11) is -3.59. The van der Waals surface area contributed by atoms with Crippen molar-refractivity contribution in [3.8, 4) is 0 Å². The highest BCUT2D eigenvalue weighted by Gasteiger charge is 2.43. The Morgan fingerprint density at radius 1 is 1.08 bits per heavy atom. The first-order valence-corrected chi connectivity index (χ1v) is 9.59. The van der Waals surface area contributed by atoms with Gasteiger partial charge in [-0.25, -0.2) is 13.2 Å². The first kappa shape index (κ1) is 14.7. The zero-order valence-corrected chi connectivity index (χ0v) is 14.3. The van der Waals surface area contributed by atoms with Gasteiger partial charge in [-0.1, -0.05) is 17.7 Å². The van der Waals surface area contributed by atoms with Gasteiger partial charge in [0.05, 0.1) is 16.6 Å². The fraction of sp³-hybridized carbons (Fsp3) is 0.211. The Morgan fingerprint density at radius 2 is 1.92 bits per heavy atom. The van der Waals surface area contributed by atoms with E-state index in [0.29, 0.717) is 29.0 Å². The second-order valence-electron chi connectivity index (χ2n) is 6.70. The van der Waals surface area contributed by atoms with Crippen LogP contribution >= 0.6 is 0 Å². The number of aryl methyl sites for hydroxylation is 1. The van der Waals surface area contributed by atoms with Crippen LogP contribution < -0.4 is 9.93 Å². The molecule has 0 radical (unpaired) electrons. The molecule has 5 rings (SSSR count). The molecule has 0 amide bonds. The molecule has 0 saturated carbocycles. The summed E-state index contributed by atoms with van der Waals surface area (Å²) in [5, 5.41) is 0.807. The molecule has 126 valence electrons. The molecule has 1 aromatic heterocycles. The highest BCUT2D eigenvalue weighted by molar-refractivity contribution is 7.93. The molecule has 0 fully saturated rings. The van der Waals surface area contributed by atoms with Gasteiger partial charge in [-0.05, 0) is 55.2 Å². The quantitative estimate of drug-likeness (QED) is 0.583. The molecule has 0 saturated heterocycles. The van der Waals surface area contributed by atoms with Gasteiger partial charge in [0.25, 0.3) is 10.0 Å². The molecule has 5 nitrogen and oxygen atoms in total. The van der Waals surface area contributed by atoms with Crippen molar-refractivity contribution in [2.75, 3.05) is 4.31 Å². The Morgan fingerprint density at radius 3 is 2.76 bits per heavy atom. The topological polar surface area (TPSA) is 67.6 Å². The summed E-state index contributed by atoms with van der Waals surface area (Å²) in [4.78, 5) is 11.8. The SMILES string of the molecule is Cc1ccc2c(c1)CC1Cc3c(ccc4oc(=O)ccc34)N1S2(=O)=O. The van der Waals surface area contributed by atoms with Crippen molar-refractivity contribution in [3.05, 3.63) is 69.6 Å². The monoisotopic (exact) mass is 353 g/mol. The predicted molar refractivity (Wildman–Crippen MR) is 94.5 cm³/mol. The van der Waals surface area contributed by atoms with Crippen molar-refractivity contribution >= 4 is 26.7 Å². The third-order valence-corrected chi connectivity index (χ3v) is 7.07. The Hall–Kier alpha value is -2.60. The van der Waals surface area contributed by atoms with Crippen molar-refractivity contribution in [1.82, 2.24) is 0 Å². The predicted octanol–water partition coefficient (Wildman–Crippen LogP) is 2.78. The zero-order chi connectivity index (χ0) is 17.3. The van der Waals surface area contributed by atoms with E-state index in [0.717, 1.165) is 22.1 Å². The summed E-state index contributed by atoms with van der Waals surface area (Å²) in [5.41, 5.74) is 3.66. The van der Waals surface area contributed by atoms with E-state index in [2.05, 4.69) is 0 Å². The second-order valence-corrected chi connectivity index (χ2v) is 8.49. The summed E-state index contributed by atoms with van der Waals surface area (Å²) < 4.78 is 33.2. The van der Waals surface area contributed by atoms with Crippen LogP contribution in [-0.4, -0.2) is 14.5 Å². The number of nitrogens with zero attached hydrogens (tertiary/aromatic N) is 1. The lowest BCUT2D eigenvalue weighted by Gasteiger charge is -2.33. The van der Waals surface area contributed by atoms with Crippen molar-refractivity contribution in [2.24, 2.45) is 0 Å². The van der Waals surface area contributed by atoms with Crippen LogP contribution in [0, 0.1) is 6.92 Å². The summed E-state index contributed by atoms with van der Waals surface area (Å²) in [6.45, 7) is 1.97. The van der Waals surface area contributed by atoms with Gasteiger partial charge in [-0.3, -0.25) is 4.31 Å². The summed E-state index contributed by atoms with van der Waals surface area (Å²) in [6, 6.07) is 11.9. The van der Waals surface area contributed by atoms with Crippen LogP contribution in [0.25, 0.3) is 11.0 Å². The molecule has 25 heavy (non-hydrogen) atoms. The number of hydrogen-bond donors (Lipinski definition) is 0. The number of sulfonamides is 1. The molecule has 0 spiro atoms. The second kappa shape index (κ2) is 4.73. The van der Waals surface area contributed by atoms with E-state index in [1.807, 2.05) is 19.1 Å². The molecule has 1 atom stereocenters. The fourth-order valence-electron chi connectivity index (χ4n) is 4.09. The lowest BCUT2D eigenvalue weighted by molar-refractivity contribution is 0.561. The van der Waals surface area contributed by atoms with Crippen LogP contribution in [0.15, 0.2) is 56.6 Å². The molecule has 3 heterocycles. The zero-order valence-electron chi connectivity index (χ0n) is 13.5. The van der Waals surface area contributed by atoms with E-state index in [4.69, 9.17) is 4.42 Å². The Balaban J connectivity index is 1.76. The maximum atomic E-state index is 13.2. The Bertz CT molecular complexity index is 1210. The minimum atomic E-state index is -3.59. The molecule has 3 aromatic rings. The molecular weight excluding hydrogens is 338 g/mol. The van der Waals surface area contributed by atoms with E-state index in [-0.39, 0.29) is 6.04 Å². The van der Waals surface area contributed by atoms with Crippen LogP contribution in [-0.2, 0) is 22.9 Å². The molecular formula is C19H15NO4S. The third-order valence-electron chi connectivity index (χ3n) is 5.11. The van der Waals surface area contributed by atoms with Gasteiger partial charge in [0.1, 0.15) is 5.58 Å². The van der Waals surface area contributed by atoms with Crippen LogP contribution in [0.4, 0.5) is 5.69 Å². The average Bonchev–Trinajstić information content (AvgIpc) is 2.93. The summed E-state index contributed by atoms with van der Waals surface area (Å²) >= 11 is 0. The van der Waals surface area contributed by atoms with Crippen LogP contribution in [0.3, 0.4) is 0 Å². The van der Waals surface area contributed by atoms with Crippen LogP contribution in [0.2, 0.25) is 0 Å². The van der Waals surface area contributed by atoms with Crippen molar-refractivity contribution in [1.29, 1.82) is 0 Å². The number of fused-ring (bicyclic) bond motifs is 6. The van der Waals surface area contributed by atoms with Gasteiger partial charge >= 0.3 is 5.63 Å². The fourth-order valence-corrected chi connectivity index (χ4v) is 5.99. The number of anilines is 1. The summed E-state index contributed by atoms with van der Waals surface area (Å²) in [6.07, 6.45) is 1.30. The Kier molecular flexibility index (Phi) is 2.78. The minimum absolute atomic E-state index is 0.133. The number of rotatable bonds is 0. The van der Waals surface area contributed by atoms with Gasteiger partial charge in [0.2, 0.25) is 0 Å². The first-order valence-electron chi connectivity index (χ1n) is 8.15. The van der Waals surface area contributed by atoms with Crippen molar-refractivity contribution in [2.45, 2.75) is 30.7 Å². The Labute approximate surface area is 144 Å². The largest absolute Gasteiger partial charge is 0.423 e. The van der Waals surface area contributed by atoms with Crippen LogP contribution in [0.5, 0.6) is 0 Å². The lowest BCUT2D eigenvalue weighted by atomic mass is 9.99. The van der Waals surface area contributed by atoms with Gasteiger partial charge in [0.15, 0.2) is 0 Å². The molecule has 0 N–H and O–H groups in total. The molecule has 1 unspecified atom stereocenters. The molecule has 2 aromatic carbocycles. The van der Waals surface area contributed by atoms with Crippen molar-refractivity contribution < 1.29 is 12.8 Å². The average molecular weight is 353 g/mol. The molecule has 2 aliphatic rings. The van der Waals surface area contributed by atoms with E-state index in [1.165, 1.54) is 6.07 Å². The van der Waals surface area contributed by atoms with E-state index in [1.54, 1.807) is 28.6 Å². The lowest BCUT2D eigenvalue weighted by Crippen LogP contribution is -2.43. The maximum Gasteiger partial charge on any atom is 0.336 e.